The molecule has 0 aliphatic heterocycles. The van der Waals surface area contributed by atoms with E-state index in [4.69, 9.17) is 5.73 Å². The molecule has 0 atom stereocenters. The summed E-state index contributed by atoms with van der Waals surface area (Å²) in [6.07, 6.45) is 5.11. The van der Waals surface area contributed by atoms with E-state index in [-0.39, 0.29) is 0 Å². The number of nitrogens with two attached hydrogens (primary N) is 1. The second-order valence-corrected chi connectivity index (χ2v) is 1.35. The van der Waals surface area contributed by atoms with Gasteiger partial charge in [-0.1, -0.05) is 6.08 Å². The van der Waals surface area contributed by atoms with E-state index < -0.39 is 0 Å². The van der Waals surface area contributed by atoms with Crippen molar-refractivity contribution in [1.29, 1.82) is 0 Å². The molecule has 0 heterocycles. The molecular formula is C6H11NO. The molecule has 0 aromatic carbocycles. The molecule has 8 heavy (non-hydrogen) atoms. The number of rotatable bonds is 2. The highest BCUT2D eigenvalue weighted by Gasteiger charge is 1.74. The molecule has 0 rings (SSSR count). The summed E-state index contributed by atoms with van der Waals surface area (Å²) in [4.78, 5) is 0. The van der Waals surface area contributed by atoms with Gasteiger partial charge in [0.25, 0.3) is 0 Å². The standard InChI is InChI=1S/C6H11NO/c1-3-4-6(7)5-8-2/h3-5H,7H2,1-2H3/b4-3-,6-5+. The summed E-state index contributed by atoms with van der Waals surface area (Å²) in [5.74, 6) is 0. The van der Waals surface area contributed by atoms with Gasteiger partial charge in [0.05, 0.1) is 12.8 Å². The van der Waals surface area contributed by atoms with Crippen molar-refractivity contribution in [3.05, 3.63) is 24.1 Å². The summed E-state index contributed by atoms with van der Waals surface area (Å²) in [5.41, 5.74) is 5.98. The SMILES string of the molecule is C/C=C\C(N)=C/OC. The van der Waals surface area contributed by atoms with E-state index in [1.807, 2.05) is 13.0 Å². The number of hydrogen-bond donors (Lipinski definition) is 1. The third-order valence-corrected chi connectivity index (χ3v) is 0.613. The minimum Gasteiger partial charge on any atom is -0.502 e. The normalized spacial score (nSPS) is 12.5. The molecule has 0 saturated carbocycles. The second kappa shape index (κ2) is 4.24. The Morgan fingerprint density at radius 1 is 1.62 bits per heavy atom. The van der Waals surface area contributed by atoms with Crippen molar-refractivity contribution in [3.63, 3.8) is 0 Å². The zero-order chi connectivity index (χ0) is 6.41. The first-order valence-electron chi connectivity index (χ1n) is 2.42. The first-order chi connectivity index (χ1) is 3.81. The van der Waals surface area contributed by atoms with Crippen molar-refractivity contribution in [1.82, 2.24) is 0 Å². The van der Waals surface area contributed by atoms with Crippen molar-refractivity contribution < 1.29 is 4.74 Å². The van der Waals surface area contributed by atoms with Gasteiger partial charge < -0.3 is 10.5 Å². The zero-order valence-corrected chi connectivity index (χ0v) is 5.22. The summed E-state index contributed by atoms with van der Waals surface area (Å²) >= 11 is 0. The van der Waals surface area contributed by atoms with Crippen molar-refractivity contribution in [2.75, 3.05) is 7.11 Å². The summed E-state index contributed by atoms with van der Waals surface area (Å²) < 4.78 is 4.62. The fraction of sp³-hybridized carbons (Fsp3) is 0.333. The van der Waals surface area contributed by atoms with Crippen molar-refractivity contribution in [3.8, 4) is 0 Å². The van der Waals surface area contributed by atoms with Crippen LogP contribution >= 0.6 is 0 Å². The van der Waals surface area contributed by atoms with Crippen molar-refractivity contribution in [2.24, 2.45) is 5.73 Å². The van der Waals surface area contributed by atoms with Crippen LogP contribution in [0, 0.1) is 0 Å². The molecule has 2 nitrogen and oxygen atoms in total. The second-order valence-electron chi connectivity index (χ2n) is 1.35. The van der Waals surface area contributed by atoms with Gasteiger partial charge in [0, 0.05) is 0 Å². The fourth-order valence-corrected chi connectivity index (χ4v) is 0.368. The Hall–Kier alpha value is -0.920. The topological polar surface area (TPSA) is 35.2 Å². The maximum absolute atomic E-state index is 5.34. The first-order valence-corrected chi connectivity index (χ1v) is 2.42. The predicted octanol–water partition coefficient (Wildman–Crippen LogP) is 1.01. The molecule has 0 unspecified atom stereocenters. The number of methoxy groups -OCH3 is 1. The Kier molecular flexibility index (Phi) is 3.76. The van der Waals surface area contributed by atoms with Crippen LogP contribution in [0.15, 0.2) is 24.1 Å². The fourth-order valence-electron chi connectivity index (χ4n) is 0.368. The molecule has 2 N–H and O–H groups in total. The third kappa shape index (κ3) is 3.28. The highest BCUT2D eigenvalue weighted by Crippen LogP contribution is 1.84. The Labute approximate surface area is 49.6 Å². The van der Waals surface area contributed by atoms with Gasteiger partial charge in [-0.25, -0.2) is 0 Å². The van der Waals surface area contributed by atoms with E-state index in [1.54, 1.807) is 13.2 Å². The van der Waals surface area contributed by atoms with E-state index in [0.29, 0.717) is 5.70 Å². The van der Waals surface area contributed by atoms with Crippen LogP contribution in [0.3, 0.4) is 0 Å². The van der Waals surface area contributed by atoms with Gasteiger partial charge in [0.1, 0.15) is 6.26 Å². The molecule has 0 aliphatic carbocycles. The van der Waals surface area contributed by atoms with Crippen LogP contribution in [0.4, 0.5) is 0 Å². The highest BCUT2D eigenvalue weighted by molar-refractivity contribution is 5.10. The molecule has 0 fully saturated rings. The Bertz CT molecular complexity index is 105. The molecule has 0 spiro atoms. The van der Waals surface area contributed by atoms with Gasteiger partial charge in [-0.3, -0.25) is 0 Å². The van der Waals surface area contributed by atoms with Gasteiger partial charge in [-0.15, -0.1) is 0 Å². The maximum atomic E-state index is 5.34. The zero-order valence-electron chi connectivity index (χ0n) is 5.22. The maximum Gasteiger partial charge on any atom is 0.105 e. The average Bonchev–Trinajstić information content (AvgIpc) is 1.68. The van der Waals surface area contributed by atoms with E-state index in [2.05, 4.69) is 4.74 Å². The smallest absolute Gasteiger partial charge is 0.105 e. The molecule has 0 bridgehead atoms. The van der Waals surface area contributed by atoms with Crippen LogP contribution in [0.25, 0.3) is 0 Å². The molecule has 0 radical (unpaired) electrons. The molecule has 0 aromatic heterocycles. The van der Waals surface area contributed by atoms with E-state index >= 15 is 0 Å². The first kappa shape index (κ1) is 7.08. The quantitative estimate of drug-likeness (QED) is 0.428. The lowest BCUT2D eigenvalue weighted by Gasteiger charge is -1.88. The molecular weight excluding hydrogens is 102 g/mol. The van der Waals surface area contributed by atoms with Gasteiger partial charge in [-0.05, 0) is 13.0 Å². The summed E-state index contributed by atoms with van der Waals surface area (Å²) in [6.45, 7) is 1.90. The average molecular weight is 113 g/mol. The summed E-state index contributed by atoms with van der Waals surface area (Å²) in [6, 6.07) is 0. The highest BCUT2D eigenvalue weighted by atomic mass is 16.5. The summed E-state index contributed by atoms with van der Waals surface area (Å²) in [7, 11) is 1.57. The Balaban J connectivity index is 3.61. The third-order valence-electron chi connectivity index (χ3n) is 0.613. The van der Waals surface area contributed by atoms with E-state index in [0.717, 1.165) is 0 Å². The summed E-state index contributed by atoms with van der Waals surface area (Å²) in [5, 5.41) is 0. The number of hydrogen-bond acceptors (Lipinski definition) is 2. The van der Waals surface area contributed by atoms with Crippen molar-refractivity contribution >= 4 is 0 Å². The number of allylic oxidation sites excluding steroid dienone is 2. The van der Waals surface area contributed by atoms with Gasteiger partial charge in [0.2, 0.25) is 0 Å². The molecule has 0 amide bonds. The van der Waals surface area contributed by atoms with E-state index in [9.17, 15) is 0 Å². The number of ether oxygens (including phenoxy) is 1. The van der Waals surface area contributed by atoms with Crippen molar-refractivity contribution in [2.45, 2.75) is 6.92 Å². The molecule has 0 saturated heterocycles. The Morgan fingerprint density at radius 3 is 2.62 bits per heavy atom. The van der Waals surface area contributed by atoms with Crippen LogP contribution < -0.4 is 5.73 Å². The molecule has 46 valence electrons. The van der Waals surface area contributed by atoms with Gasteiger partial charge in [0.15, 0.2) is 0 Å². The minimum absolute atomic E-state index is 0.634. The Morgan fingerprint density at radius 2 is 2.25 bits per heavy atom. The lowest BCUT2D eigenvalue weighted by atomic mass is 10.4. The minimum atomic E-state index is 0.634. The lowest BCUT2D eigenvalue weighted by Crippen LogP contribution is -1.92. The molecule has 0 aromatic rings. The van der Waals surface area contributed by atoms with Gasteiger partial charge in [-0.2, -0.15) is 0 Å². The molecule has 0 aliphatic rings. The van der Waals surface area contributed by atoms with Crippen LogP contribution in [0.5, 0.6) is 0 Å². The molecule has 2 heteroatoms. The van der Waals surface area contributed by atoms with E-state index in [1.165, 1.54) is 6.26 Å². The van der Waals surface area contributed by atoms with Gasteiger partial charge >= 0.3 is 0 Å². The monoisotopic (exact) mass is 113 g/mol. The van der Waals surface area contributed by atoms with Crippen LogP contribution in [-0.2, 0) is 4.74 Å². The lowest BCUT2D eigenvalue weighted by molar-refractivity contribution is 0.334. The van der Waals surface area contributed by atoms with Crippen LogP contribution in [0.1, 0.15) is 6.92 Å². The predicted molar refractivity (Wildman–Crippen MR) is 34.1 cm³/mol. The van der Waals surface area contributed by atoms with Crippen LogP contribution in [0.2, 0.25) is 0 Å². The van der Waals surface area contributed by atoms with Crippen LogP contribution in [-0.4, -0.2) is 7.11 Å². The largest absolute Gasteiger partial charge is 0.502 e.